The van der Waals surface area contributed by atoms with E-state index in [2.05, 4.69) is 6.07 Å². The molecule has 0 aliphatic heterocycles. The van der Waals surface area contributed by atoms with Gasteiger partial charge in [0, 0.05) is 22.6 Å². The minimum atomic E-state index is 0.503. The Morgan fingerprint density at radius 3 is 2.26 bits per heavy atom. The highest BCUT2D eigenvalue weighted by Crippen LogP contribution is 2.41. The predicted molar refractivity (Wildman–Crippen MR) is 106 cm³/mol. The summed E-state index contributed by atoms with van der Waals surface area (Å²) in [6, 6.07) is 15.7. The Labute approximate surface area is 162 Å². The first kappa shape index (κ1) is 18.5. The average molecular weight is 378 g/mol. The quantitative estimate of drug-likeness (QED) is 0.577. The maximum atomic E-state index is 9.30. The maximum absolute atomic E-state index is 9.30. The van der Waals surface area contributed by atoms with Crippen molar-refractivity contribution < 1.29 is 14.2 Å². The van der Waals surface area contributed by atoms with E-state index in [0.717, 1.165) is 21.8 Å². The molecule has 6 heteroatoms. The van der Waals surface area contributed by atoms with Gasteiger partial charge in [-0.2, -0.15) is 5.26 Å². The number of thiazole rings is 1. The molecule has 3 aromatic rings. The van der Waals surface area contributed by atoms with Crippen LogP contribution in [0.1, 0.15) is 11.3 Å². The average Bonchev–Trinajstić information content (AvgIpc) is 3.21. The Morgan fingerprint density at radius 1 is 1.04 bits per heavy atom. The van der Waals surface area contributed by atoms with Crippen molar-refractivity contribution in [1.29, 1.82) is 5.26 Å². The number of hydrogen-bond acceptors (Lipinski definition) is 6. The van der Waals surface area contributed by atoms with Gasteiger partial charge in [-0.1, -0.05) is 30.3 Å². The monoisotopic (exact) mass is 378 g/mol. The molecule has 0 radical (unpaired) electrons. The molecule has 0 spiro atoms. The van der Waals surface area contributed by atoms with Crippen molar-refractivity contribution in [3.05, 3.63) is 65.2 Å². The molecule has 0 saturated heterocycles. The van der Waals surface area contributed by atoms with Crippen LogP contribution in [-0.4, -0.2) is 26.3 Å². The second-order valence-electron chi connectivity index (χ2n) is 5.51. The Morgan fingerprint density at radius 2 is 1.70 bits per heavy atom. The van der Waals surface area contributed by atoms with Gasteiger partial charge in [-0.3, -0.25) is 0 Å². The van der Waals surface area contributed by atoms with Crippen LogP contribution in [0.25, 0.3) is 16.1 Å². The Hall–Kier alpha value is -3.30. The van der Waals surface area contributed by atoms with E-state index in [0.29, 0.717) is 22.8 Å². The fourth-order valence-electron chi connectivity index (χ4n) is 2.72. The van der Waals surface area contributed by atoms with E-state index in [9.17, 15) is 5.26 Å². The summed E-state index contributed by atoms with van der Waals surface area (Å²) in [5.74, 6) is 1.55. The zero-order chi connectivity index (χ0) is 19.2. The molecule has 0 amide bonds. The van der Waals surface area contributed by atoms with Crippen LogP contribution in [-0.2, 0) is 0 Å². The number of ether oxygens (including phenoxy) is 3. The SMILES string of the molecule is COc1cc(/C(=C/C#N)c2csc(-c3ccccc3)n2)cc(OC)c1OC. The van der Waals surface area contributed by atoms with E-state index in [1.807, 2.05) is 47.8 Å². The molecule has 2 aromatic carbocycles. The molecule has 5 nitrogen and oxygen atoms in total. The lowest BCUT2D eigenvalue weighted by atomic mass is 10.0. The molecular formula is C21H18N2O3S. The predicted octanol–water partition coefficient (Wildman–Crippen LogP) is 4.79. The van der Waals surface area contributed by atoms with Crippen molar-refractivity contribution in [3.63, 3.8) is 0 Å². The lowest BCUT2D eigenvalue weighted by Gasteiger charge is -2.14. The summed E-state index contributed by atoms with van der Waals surface area (Å²) in [6.07, 6.45) is 1.48. The van der Waals surface area contributed by atoms with Crippen LogP contribution in [0.15, 0.2) is 53.9 Å². The number of nitriles is 1. The van der Waals surface area contributed by atoms with Crippen molar-refractivity contribution in [1.82, 2.24) is 4.98 Å². The standard InChI is InChI=1S/C21H18N2O3S/c1-24-18-11-15(12-19(25-2)20(18)26-3)16(9-10-22)17-13-27-21(23-17)14-7-5-4-6-8-14/h4-9,11-13H,1-3H3/b16-9-. The van der Waals surface area contributed by atoms with Crippen LogP contribution in [0.2, 0.25) is 0 Å². The first-order valence-corrected chi connectivity index (χ1v) is 9.01. The number of benzene rings is 2. The Balaban J connectivity index is 2.09. The van der Waals surface area contributed by atoms with Crippen LogP contribution in [0.5, 0.6) is 17.2 Å². The maximum Gasteiger partial charge on any atom is 0.203 e. The third-order valence-corrected chi connectivity index (χ3v) is 4.88. The smallest absolute Gasteiger partial charge is 0.203 e. The minimum Gasteiger partial charge on any atom is -0.493 e. The van der Waals surface area contributed by atoms with E-state index in [1.54, 1.807) is 21.3 Å². The molecule has 0 unspecified atom stereocenters. The number of aromatic nitrogens is 1. The fraction of sp³-hybridized carbons (Fsp3) is 0.143. The van der Waals surface area contributed by atoms with Crippen molar-refractivity contribution in [2.75, 3.05) is 21.3 Å². The minimum absolute atomic E-state index is 0.503. The summed E-state index contributed by atoms with van der Waals surface area (Å²) in [7, 11) is 4.68. The highest BCUT2D eigenvalue weighted by molar-refractivity contribution is 7.13. The van der Waals surface area contributed by atoms with Gasteiger partial charge < -0.3 is 14.2 Å². The zero-order valence-corrected chi connectivity index (χ0v) is 16.0. The van der Waals surface area contributed by atoms with Gasteiger partial charge in [0.25, 0.3) is 0 Å². The van der Waals surface area contributed by atoms with Gasteiger partial charge in [-0.25, -0.2) is 4.98 Å². The summed E-state index contributed by atoms with van der Waals surface area (Å²) in [6.45, 7) is 0. The molecule has 3 rings (SSSR count). The second kappa shape index (κ2) is 8.39. The van der Waals surface area contributed by atoms with Gasteiger partial charge >= 0.3 is 0 Å². The summed E-state index contributed by atoms with van der Waals surface area (Å²) < 4.78 is 16.2. The Bertz CT molecular complexity index is 979. The van der Waals surface area contributed by atoms with Gasteiger partial charge in [0.05, 0.1) is 33.1 Å². The summed E-state index contributed by atoms with van der Waals surface area (Å²) in [4.78, 5) is 4.72. The van der Waals surface area contributed by atoms with E-state index >= 15 is 0 Å². The molecule has 1 aromatic heterocycles. The molecule has 1 heterocycles. The first-order chi connectivity index (χ1) is 13.2. The van der Waals surface area contributed by atoms with E-state index in [4.69, 9.17) is 19.2 Å². The molecule has 0 N–H and O–H groups in total. The molecule has 0 fully saturated rings. The van der Waals surface area contributed by atoms with Gasteiger partial charge in [0.15, 0.2) is 11.5 Å². The highest BCUT2D eigenvalue weighted by atomic mass is 32.1. The van der Waals surface area contributed by atoms with Crippen molar-refractivity contribution in [3.8, 4) is 33.9 Å². The Kier molecular flexibility index (Phi) is 5.74. The summed E-state index contributed by atoms with van der Waals surface area (Å²) >= 11 is 1.53. The lowest BCUT2D eigenvalue weighted by molar-refractivity contribution is 0.324. The first-order valence-electron chi connectivity index (χ1n) is 8.13. The summed E-state index contributed by atoms with van der Waals surface area (Å²) in [5, 5.41) is 12.1. The topological polar surface area (TPSA) is 64.4 Å². The molecular weight excluding hydrogens is 360 g/mol. The van der Waals surface area contributed by atoms with E-state index in [1.165, 1.54) is 17.4 Å². The summed E-state index contributed by atoms with van der Waals surface area (Å²) in [5.41, 5.74) is 3.20. The van der Waals surface area contributed by atoms with Gasteiger partial charge in [-0.15, -0.1) is 11.3 Å². The van der Waals surface area contributed by atoms with Gasteiger partial charge in [0.2, 0.25) is 5.75 Å². The third kappa shape index (κ3) is 3.78. The van der Waals surface area contributed by atoms with Crippen molar-refractivity contribution in [2.24, 2.45) is 0 Å². The van der Waals surface area contributed by atoms with Gasteiger partial charge in [-0.05, 0) is 17.7 Å². The number of allylic oxidation sites excluding steroid dienone is 1. The molecule has 27 heavy (non-hydrogen) atoms. The molecule has 0 aliphatic carbocycles. The fourth-order valence-corrected chi connectivity index (χ4v) is 3.54. The second-order valence-corrected chi connectivity index (χ2v) is 6.36. The van der Waals surface area contributed by atoms with Crippen LogP contribution >= 0.6 is 11.3 Å². The number of methoxy groups -OCH3 is 3. The molecule has 136 valence electrons. The van der Waals surface area contributed by atoms with Crippen LogP contribution < -0.4 is 14.2 Å². The molecule has 0 atom stereocenters. The van der Waals surface area contributed by atoms with E-state index in [-0.39, 0.29) is 0 Å². The third-order valence-electron chi connectivity index (χ3n) is 3.99. The number of hydrogen-bond donors (Lipinski definition) is 0. The molecule has 0 bridgehead atoms. The van der Waals surface area contributed by atoms with Crippen LogP contribution in [0.4, 0.5) is 0 Å². The number of rotatable bonds is 6. The van der Waals surface area contributed by atoms with Crippen LogP contribution in [0, 0.1) is 11.3 Å². The lowest BCUT2D eigenvalue weighted by Crippen LogP contribution is -1.98. The molecule has 0 saturated carbocycles. The van der Waals surface area contributed by atoms with Crippen molar-refractivity contribution >= 4 is 16.9 Å². The van der Waals surface area contributed by atoms with Gasteiger partial charge in [0.1, 0.15) is 5.01 Å². The normalized spacial score (nSPS) is 11.0. The largest absolute Gasteiger partial charge is 0.493 e. The highest BCUT2D eigenvalue weighted by Gasteiger charge is 2.18. The van der Waals surface area contributed by atoms with Crippen LogP contribution in [0.3, 0.4) is 0 Å². The molecule has 0 aliphatic rings. The number of nitrogens with zero attached hydrogens (tertiary/aromatic N) is 2. The zero-order valence-electron chi connectivity index (χ0n) is 15.2. The van der Waals surface area contributed by atoms with Crippen molar-refractivity contribution in [2.45, 2.75) is 0 Å². The van der Waals surface area contributed by atoms with E-state index < -0.39 is 0 Å².